The van der Waals surface area contributed by atoms with Gasteiger partial charge in [0, 0.05) is 18.6 Å². The van der Waals surface area contributed by atoms with E-state index in [9.17, 15) is 0 Å². The molecule has 0 spiro atoms. The van der Waals surface area contributed by atoms with Crippen LogP contribution in [0.3, 0.4) is 0 Å². The predicted octanol–water partition coefficient (Wildman–Crippen LogP) is 3.52. The lowest BCUT2D eigenvalue weighted by molar-refractivity contribution is 0.0529. The lowest BCUT2D eigenvalue weighted by Crippen LogP contribution is -2.53. The Morgan fingerprint density at radius 2 is 1.74 bits per heavy atom. The molecule has 0 radical (unpaired) electrons. The first kappa shape index (κ1) is 15.3. The fourth-order valence-electron chi connectivity index (χ4n) is 4.54. The third-order valence-electron chi connectivity index (χ3n) is 5.43. The van der Waals surface area contributed by atoms with Gasteiger partial charge in [-0.1, -0.05) is 34.1 Å². The molecule has 2 heteroatoms. The highest BCUT2D eigenvalue weighted by Gasteiger charge is 2.34. The maximum atomic E-state index is 3.70. The molecule has 2 rings (SSSR count). The molecule has 1 saturated carbocycles. The molecule has 4 atom stereocenters. The van der Waals surface area contributed by atoms with Crippen LogP contribution >= 0.6 is 0 Å². The summed E-state index contributed by atoms with van der Waals surface area (Å²) in [5.41, 5.74) is 0. The van der Waals surface area contributed by atoms with Gasteiger partial charge in [0.1, 0.15) is 0 Å². The summed E-state index contributed by atoms with van der Waals surface area (Å²) in [5.74, 6) is 2.72. The van der Waals surface area contributed by atoms with Crippen molar-refractivity contribution >= 4 is 0 Å². The zero-order valence-electron chi connectivity index (χ0n) is 13.5. The molecule has 1 saturated heterocycles. The number of hydrogen-bond acceptors (Lipinski definition) is 2. The van der Waals surface area contributed by atoms with Crippen molar-refractivity contribution in [1.29, 1.82) is 0 Å². The average Bonchev–Trinajstić information content (AvgIpc) is 2.38. The van der Waals surface area contributed by atoms with E-state index in [1.165, 1.54) is 45.2 Å². The molecule has 1 aliphatic heterocycles. The number of likely N-dealkylation sites (tertiary alicyclic amines) is 1. The van der Waals surface area contributed by atoms with Crippen molar-refractivity contribution < 1.29 is 0 Å². The Hall–Kier alpha value is -0.0800. The van der Waals surface area contributed by atoms with Crippen molar-refractivity contribution in [3.05, 3.63) is 0 Å². The Labute approximate surface area is 120 Å². The zero-order valence-corrected chi connectivity index (χ0v) is 13.5. The van der Waals surface area contributed by atoms with Crippen LogP contribution in [0.25, 0.3) is 0 Å². The highest BCUT2D eigenvalue weighted by Crippen LogP contribution is 2.34. The molecule has 2 nitrogen and oxygen atoms in total. The lowest BCUT2D eigenvalue weighted by Gasteiger charge is -2.45. The Morgan fingerprint density at radius 1 is 1.05 bits per heavy atom. The summed E-state index contributed by atoms with van der Waals surface area (Å²) in [5, 5.41) is 3.70. The maximum absolute atomic E-state index is 3.70. The van der Waals surface area contributed by atoms with Gasteiger partial charge in [0.25, 0.3) is 0 Å². The minimum absolute atomic E-state index is 0.768. The molecule has 0 aromatic rings. The molecule has 19 heavy (non-hydrogen) atoms. The van der Waals surface area contributed by atoms with E-state index in [2.05, 4.69) is 37.9 Å². The van der Waals surface area contributed by atoms with Crippen molar-refractivity contribution in [2.45, 2.75) is 71.9 Å². The highest BCUT2D eigenvalue weighted by atomic mass is 15.2. The van der Waals surface area contributed by atoms with Crippen molar-refractivity contribution in [3.8, 4) is 0 Å². The molecule has 1 aliphatic carbocycles. The van der Waals surface area contributed by atoms with E-state index in [4.69, 9.17) is 0 Å². The molecule has 4 unspecified atom stereocenters. The monoisotopic (exact) mass is 266 g/mol. The molecular weight excluding hydrogens is 232 g/mol. The number of nitrogens with zero attached hydrogens (tertiary/aromatic N) is 1. The van der Waals surface area contributed by atoms with Gasteiger partial charge < -0.3 is 5.32 Å². The van der Waals surface area contributed by atoms with Gasteiger partial charge in [-0.25, -0.2) is 0 Å². The molecule has 0 bridgehead atoms. The molecule has 0 aromatic carbocycles. The second-order valence-electron chi connectivity index (χ2n) is 7.19. The van der Waals surface area contributed by atoms with E-state index in [1.54, 1.807) is 0 Å². The number of hydrogen-bond donors (Lipinski definition) is 1. The largest absolute Gasteiger partial charge is 0.314 e. The number of nitrogens with one attached hydrogen (secondary N) is 1. The van der Waals surface area contributed by atoms with E-state index >= 15 is 0 Å². The van der Waals surface area contributed by atoms with Gasteiger partial charge in [0.05, 0.1) is 0 Å². The van der Waals surface area contributed by atoms with Gasteiger partial charge in [-0.2, -0.15) is 0 Å². The molecule has 0 aromatic heterocycles. The van der Waals surface area contributed by atoms with Crippen LogP contribution in [0.15, 0.2) is 0 Å². The average molecular weight is 266 g/mol. The topological polar surface area (TPSA) is 15.3 Å². The Bertz CT molecular complexity index is 256. The van der Waals surface area contributed by atoms with E-state index in [-0.39, 0.29) is 0 Å². The van der Waals surface area contributed by atoms with Crippen molar-refractivity contribution in [2.75, 3.05) is 19.6 Å². The summed E-state index contributed by atoms with van der Waals surface area (Å²) in [6.45, 7) is 13.3. The first-order valence-electron chi connectivity index (χ1n) is 8.61. The van der Waals surface area contributed by atoms with Crippen LogP contribution in [0.1, 0.15) is 59.8 Å². The van der Waals surface area contributed by atoms with Crippen molar-refractivity contribution in [2.24, 2.45) is 17.8 Å². The van der Waals surface area contributed by atoms with E-state index in [0.717, 1.165) is 36.4 Å². The third-order valence-corrected chi connectivity index (χ3v) is 5.43. The minimum Gasteiger partial charge on any atom is -0.314 e. The summed E-state index contributed by atoms with van der Waals surface area (Å²) in [6, 6.07) is 1.64. The van der Waals surface area contributed by atoms with Crippen LogP contribution in [0.4, 0.5) is 0 Å². The van der Waals surface area contributed by atoms with Gasteiger partial charge in [-0.3, -0.25) is 4.90 Å². The van der Waals surface area contributed by atoms with E-state index < -0.39 is 0 Å². The maximum Gasteiger partial charge on any atom is 0.0119 e. The highest BCUT2D eigenvalue weighted by molar-refractivity contribution is 4.90. The predicted molar refractivity (Wildman–Crippen MR) is 83.4 cm³/mol. The quantitative estimate of drug-likeness (QED) is 0.837. The SMILES string of the molecule is CCNC1CCN(C2CC(C)CC(C)C2)CC1CC. The summed E-state index contributed by atoms with van der Waals surface area (Å²) < 4.78 is 0. The summed E-state index contributed by atoms with van der Waals surface area (Å²) in [7, 11) is 0. The Kier molecular flexibility index (Phi) is 5.70. The Morgan fingerprint density at radius 3 is 2.32 bits per heavy atom. The number of rotatable bonds is 4. The lowest BCUT2D eigenvalue weighted by atomic mass is 9.78. The standard InChI is InChI=1S/C17H34N2/c1-5-15-12-19(8-7-17(15)18-6-2)16-10-13(3)9-14(4)11-16/h13-18H,5-12H2,1-4H3. The second kappa shape index (κ2) is 7.08. The first-order chi connectivity index (χ1) is 9.13. The molecule has 2 aliphatic rings. The molecular formula is C17H34N2. The minimum atomic E-state index is 0.768. The van der Waals surface area contributed by atoms with E-state index in [0.29, 0.717) is 0 Å². The van der Waals surface area contributed by atoms with Gasteiger partial charge in [0.2, 0.25) is 0 Å². The number of piperidine rings is 1. The van der Waals surface area contributed by atoms with Gasteiger partial charge >= 0.3 is 0 Å². The molecule has 0 amide bonds. The van der Waals surface area contributed by atoms with E-state index in [1.807, 2.05) is 0 Å². The summed E-state index contributed by atoms with van der Waals surface area (Å²) >= 11 is 0. The van der Waals surface area contributed by atoms with Gasteiger partial charge in [0.15, 0.2) is 0 Å². The van der Waals surface area contributed by atoms with Crippen LogP contribution in [-0.4, -0.2) is 36.6 Å². The summed E-state index contributed by atoms with van der Waals surface area (Å²) in [4.78, 5) is 2.83. The third kappa shape index (κ3) is 3.95. The van der Waals surface area contributed by atoms with Crippen LogP contribution in [0.5, 0.6) is 0 Å². The molecule has 112 valence electrons. The fraction of sp³-hybridized carbons (Fsp3) is 1.00. The molecule has 1 N–H and O–H groups in total. The fourth-order valence-corrected chi connectivity index (χ4v) is 4.54. The van der Waals surface area contributed by atoms with Crippen LogP contribution in [0, 0.1) is 17.8 Å². The Balaban J connectivity index is 1.91. The smallest absolute Gasteiger partial charge is 0.0119 e. The summed E-state index contributed by atoms with van der Waals surface area (Å²) in [6.07, 6.45) is 7.00. The normalized spacial score (nSPS) is 41.4. The second-order valence-corrected chi connectivity index (χ2v) is 7.19. The van der Waals surface area contributed by atoms with Gasteiger partial charge in [-0.15, -0.1) is 0 Å². The van der Waals surface area contributed by atoms with Crippen LogP contribution in [0.2, 0.25) is 0 Å². The first-order valence-corrected chi connectivity index (χ1v) is 8.61. The van der Waals surface area contributed by atoms with Crippen molar-refractivity contribution in [3.63, 3.8) is 0 Å². The molecule has 1 heterocycles. The molecule has 2 fully saturated rings. The van der Waals surface area contributed by atoms with Gasteiger partial charge in [-0.05, 0) is 56.5 Å². The van der Waals surface area contributed by atoms with Crippen LogP contribution in [-0.2, 0) is 0 Å². The van der Waals surface area contributed by atoms with Crippen LogP contribution < -0.4 is 5.32 Å². The van der Waals surface area contributed by atoms with Crippen molar-refractivity contribution in [1.82, 2.24) is 10.2 Å². The zero-order chi connectivity index (χ0) is 13.8.